The van der Waals surface area contributed by atoms with Crippen molar-refractivity contribution in [2.24, 2.45) is 5.92 Å². The average molecular weight is 335 g/mol. The molecule has 1 aromatic rings. The van der Waals surface area contributed by atoms with E-state index in [9.17, 15) is 14.8 Å². The average Bonchev–Trinajstić information content (AvgIpc) is 3.29. The van der Waals surface area contributed by atoms with Crippen molar-refractivity contribution < 1.29 is 19.1 Å². The van der Waals surface area contributed by atoms with E-state index in [2.05, 4.69) is 10.6 Å². The number of aromatic nitrogens is 1. The van der Waals surface area contributed by atoms with Crippen LogP contribution in [0.1, 0.15) is 51.0 Å². The molecule has 0 saturated heterocycles. The number of hydrogen-bond acceptors (Lipinski definition) is 4. The minimum Gasteiger partial charge on any atom is -0.618 e. The van der Waals surface area contributed by atoms with E-state index in [4.69, 9.17) is 4.74 Å². The van der Waals surface area contributed by atoms with Crippen LogP contribution in [0.5, 0.6) is 0 Å². The number of amides is 2. The highest BCUT2D eigenvalue weighted by Gasteiger charge is 2.44. The van der Waals surface area contributed by atoms with E-state index < -0.39 is 23.1 Å². The second kappa shape index (κ2) is 6.67. The highest BCUT2D eigenvalue weighted by molar-refractivity contribution is 5.91. The van der Waals surface area contributed by atoms with Crippen LogP contribution in [0.4, 0.5) is 4.79 Å². The number of carbonyl (C=O) groups excluding carboxylic acids is 2. The lowest BCUT2D eigenvalue weighted by molar-refractivity contribution is -0.607. The molecule has 0 aromatic carbocycles. The molecule has 0 aliphatic heterocycles. The number of pyridine rings is 1. The zero-order chi connectivity index (χ0) is 18.0. The van der Waals surface area contributed by atoms with E-state index in [1.54, 1.807) is 32.9 Å². The predicted molar refractivity (Wildman–Crippen MR) is 88.2 cm³/mol. The van der Waals surface area contributed by atoms with Crippen molar-refractivity contribution in [3.05, 3.63) is 35.3 Å². The molecule has 1 unspecified atom stereocenters. The first-order valence-electron chi connectivity index (χ1n) is 8.08. The molecule has 1 aliphatic carbocycles. The van der Waals surface area contributed by atoms with E-state index in [0.29, 0.717) is 4.73 Å². The molecule has 1 fully saturated rings. The fourth-order valence-electron chi connectivity index (χ4n) is 2.51. The molecule has 0 bridgehead atoms. The summed E-state index contributed by atoms with van der Waals surface area (Å²) >= 11 is 0. The molecule has 7 nitrogen and oxygen atoms in total. The molecule has 2 N–H and O–H groups in total. The molecule has 1 aliphatic rings. The van der Waals surface area contributed by atoms with Crippen molar-refractivity contribution >= 4 is 12.0 Å². The molecular weight excluding hydrogens is 310 g/mol. The SMILES string of the molecule is CC(C)(C)OC(=O)NCC(C)(NC(=O)c1cccc[n+]1[O-])C1CC1. The maximum atomic E-state index is 12.4. The second-order valence-electron chi connectivity index (χ2n) is 7.41. The normalized spacial score (nSPS) is 16.8. The molecule has 0 radical (unpaired) electrons. The summed E-state index contributed by atoms with van der Waals surface area (Å²) < 4.78 is 5.76. The van der Waals surface area contributed by atoms with Crippen LogP contribution in [0.15, 0.2) is 24.4 Å². The quantitative estimate of drug-likeness (QED) is 0.633. The number of rotatable bonds is 5. The van der Waals surface area contributed by atoms with Crippen molar-refractivity contribution in [2.75, 3.05) is 6.54 Å². The molecule has 24 heavy (non-hydrogen) atoms. The summed E-state index contributed by atoms with van der Waals surface area (Å²) in [5.74, 6) is -0.189. The van der Waals surface area contributed by atoms with Gasteiger partial charge in [-0.1, -0.05) is 0 Å². The lowest BCUT2D eigenvalue weighted by atomic mass is 9.95. The van der Waals surface area contributed by atoms with E-state index in [1.807, 2.05) is 6.92 Å². The van der Waals surface area contributed by atoms with Gasteiger partial charge in [-0.2, -0.15) is 4.73 Å². The van der Waals surface area contributed by atoms with Crippen LogP contribution in [-0.4, -0.2) is 29.7 Å². The van der Waals surface area contributed by atoms with Gasteiger partial charge in [-0.3, -0.25) is 4.79 Å². The van der Waals surface area contributed by atoms with Gasteiger partial charge in [-0.15, -0.1) is 0 Å². The maximum Gasteiger partial charge on any atom is 0.407 e. The number of nitrogens with one attached hydrogen (secondary N) is 2. The van der Waals surface area contributed by atoms with Gasteiger partial charge < -0.3 is 20.6 Å². The van der Waals surface area contributed by atoms with Crippen LogP contribution in [-0.2, 0) is 4.74 Å². The Morgan fingerprint density at radius 2 is 1.96 bits per heavy atom. The zero-order valence-electron chi connectivity index (χ0n) is 14.6. The fraction of sp³-hybridized carbons (Fsp3) is 0.588. The molecule has 0 spiro atoms. The molecule has 1 aromatic heterocycles. The van der Waals surface area contributed by atoms with Gasteiger partial charge in [0.1, 0.15) is 5.60 Å². The molecule has 2 rings (SSSR count). The van der Waals surface area contributed by atoms with E-state index in [1.165, 1.54) is 12.3 Å². The van der Waals surface area contributed by atoms with Crippen molar-refractivity contribution in [2.45, 2.75) is 51.7 Å². The first-order valence-corrected chi connectivity index (χ1v) is 8.08. The molecular formula is C17H25N3O4. The van der Waals surface area contributed by atoms with Crippen molar-refractivity contribution in [1.82, 2.24) is 10.6 Å². The van der Waals surface area contributed by atoms with Gasteiger partial charge in [0.25, 0.3) is 5.69 Å². The molecule has 2 amide bonds. The summed E-state index contributed by atoms with van der Waals surface area (Å²) in [6.45, 7) is 7.48. The fourth-order valence-corrected chi connectivity index (χ4v) is 2.51. The van der Waals surface area contributed by atoms with E-state index in [-0.39, 0.29) is 18.2 Å². The summed E-state index contributed by atoms with van der Waals surface area (Å²) in [5.41, 5.74) is -1.18. The lowest BCUT2D eigenvalue weighted by Gasteiger charge is -2.31. The van der Waals surface area contributed by atoms with Crippen LogP contribution >= 0.6 is 0 Å². The largest absolute Gasteiger partial charge is 0.618 e. The van der Waals surface area contributed by atoms with Crippen LogP contribution in [0.2, 0.25) is 0 Å². The number of alkyl carbamates (subject to hydrolysis) is 1. The highest BCUT2D eigenvalue weighted by Crippen LogP contribution is 2.39. The first-order chi connectivity index (χ1) is 11.1. The monoisotopic (exact) mass is 335 g/mol. The van der Waals surface area contributed by atoms with Gasteiger partial charge in [0, 0.05) is 18.7 Å². The number of ether oxygens (including phenoxy) is 1. The Bertz CT molecular complexity index is 623. The summed E-state index contributed by atoms with van der Waals surface area (Å²) in [7, 11) is 0. The molecule has 1 heterocycles. The van der Waals surface area contributed by atoms with Gasteiger partial charge in [0.2, 0.25) is 0 Å². The Kier molecular flexibility index (Phi) is 5.01. The Labute approximate surface area is 142 Å². The molecule has 1 saturated carbocycles. The standard InChI is InChI=1S/C17H25N3O4/c1-16(2,3)24-15(22)18-11-17(4,12-8-9-12)19-14(21)13-7-5-6-10-20(13)23/h5-7,10,12H,8-9,11H2,1-4H3,(H,18,22)(H,19,21). The van der Waals surface area contributed by atoms with E-state index >= 15 is 0 Å². The third-order valence-corrected chi connectivity index (χ3v) is 3.93. The number of hydrogen-bond donors (Lipinski definition) is 2. The smallest absolute Gasteiger partial charge is 0.407 e. The maximum absolute atomic E-state index is 12.4. The minimum atomic E-state index is -0.628. The summed E-state index contributed by atoms with van der Waals surface area (Å²) in [4.78, 5) is 24.3. The Morgan fingerprint density at radius 3 is 2.50 bits per heavy atom. The summed E-state index contributed by atoms with van der Waals surface area (Å²) in [5, 5.41) is 17.3. The van der Waals surface area contributed by atoms with Gasteiger partial charge in [-0.05, 0) is 52.5 Å². The minimum absolute atomic E-state index is 0.0293. The molecule has 1 atom stereocenters. The van der Waals surface area contributed by atoms with Gasteiger partial charge in [0.15, 0.2) is 6.20 Å². The topological polar surface area (TPSA) is 94.4 Å². The third kappa shape index (κ3) is 4.84. The van der Waals surface area contributed by atoms with Crippen molar-refractivity contribution in [3.8, 4) is 0 Å². The molecule has 7 heteroatoms. The first kappa shape index (κ1) is 18.0. The van der Waals surface area contributed by atoms with Gasteiger partial charge in [0.05, 0.1) is 5.54 Å². The summed E-state index contributed by atoms with van der Waals surface area (Å²) in [6.07, 6.45) is 2.70. The van der Waals surface area contributed by atoms with Crippen LogP contribution in [0.25, 0.3) is 0 Å². The molecule has 132 valence electrons. The second-order valence-corrected chi connectivity index (χ2v) is 7.41. The highest BCUT2D eigenvalue weighted by atomic mass is 16.6. The third-order valence-electron chi connectivity index (χ3n) is 3.93. The van der Waals surface area contributed by atoms with Crippen LogP contribution < -0.4 is 15.4 Å². The zero-order valence-corrected chi connectivity index (χ0v) is 14.6. The van der Waals surface area contributed by atoms with Crippen LogP contribution in [0, 0.1) is 11.1 Å². The van der Waals surface area contributed by atoms with Crippen molar-refractivity contribution in [1.29, 1.82) is 0 Å². The Morgan fingerprint density at radius 1 is 1.29 bits per heavy atom. The van der Waals surface area contributed by atoms with Crippen LogP contribution in [0.3, 0.4) is 0 Å². The van der Waals surface area contributed by atoms with Gasteiger partial charge >= 0.3 is 12.0 Å². The summed E-state index contributed by atoms with van der Waals surface area (Å²) in [6, 6.07) is 4.67. The van der Waals surface area contributed by atoms with E-state index in [0.717, 1.165) is 12.8 Å². The number of carbonyl (C=O) groups is 2. The van der Waals surface area contributed by atoms with Crippen molar-refractivity contribution in [3.63, 3.8) is 0 Å². The Balaban J connectivity index is 2.01. The Hall–Kier alpha value is -2.31. The lowest BCUT2D eigenvalue weighted by Crippen LogP contribution is -2.57. The van der Waals surface area contributed by atoms with Gasteiger partial charge in [-0.25, -0.2) is 4.79 Å². The number of nitrogens with zero attached hydrogens (tertiary/aromatic N) is 1. The predicted octanol–water partition coefficient (Wildman–Crippen LogP) is 1.74.